The third-order valence-corrected chi connectivity index (χ3v) is 2.82. The summed E-state index contributed by atoms with van der Waals surface area (Å²) in [6.45, 7) is 1.58. The highest BCUT2D eigenvalue weighted by atomic mass is 35.5. The first-order chi connectivity index (χ1) is 8.63. The molecule has 1 aromatic carbocycles. The number of aromatic hydroxyl groups is 1. The van der Waals surface area contributed by atoms with E-state index in [9.17, 15) is 15.2 Å². The summed E-state index contributed by atoms with van der Waals surface area (Å²) in [5, 5.41) is 24.0. The highest BCUT2D eigenvalue weighted by Gasteiger charge is 2.24. The van der Waals surface area contributed by atoms with Crippen molar-refractivity contribution < 1.29 is 19.5 Å². The molecular weight excluding hydrogens is 276 g/mol. The molecule has 0 unspecified atom stereocenters. The summed E-state index contributed by atoms with van der Waals surface area (Å²) >= 11 is 0. The normalized spacial score (nSPS) is 18.5. The van der Waals surface area contributed by atoms with Crippen LogP contribution in [0.25, 0.3) is 0 Å². The Morgan fingerprint density at radius 1 is 1.58 bits per heavy atom. The SMILES string of the molecule is COc1cc([N+](=O)[O-])cc([C@@H]2COCCN2)c1O.Cl. The van der Waals surface area contributed by atoms with Crippen molar-refractivity contribution in [2.45, 2.75) is 6.04 Å². The summed E-state index contributed by atoms with van der Waals surface area (Å²) in [5.41, 5.74) is 0.299. The Hall–Kier alpha value is -1.57. The number of ether oxygens (including phenoxy) is 2. The van der Waals surface area contributed by atoms with Crippen LogP contribution in [0.4, 0.5) is 5.69 Å². The molecule has 0 aromatic heterocycles. The number of nitrogens with zero attached hydrogens (tertiary/aromatic N) is 1. The van der Waals surface area contributed by atoms with Gasteiger partial charge in [0.25, 0.3) is 5.69 Å². The molecule has 19 heavy (non-hydrogen) atoms. The van der Waals surface area contributed by atoms with Crippen LogP contribution in [-0.2, 0) is 4.74 Å². The number of nitrogens with one attached hydrogen (secondary N) is 1. The van der Waals surface area contributed by atoms with Gasteiger partial charge in [-0.05, 0) is 0 Å². The Kier molecular flexibility index (Phi) is 5.34. The van der Waals surface area contributed by atoms with Crippen LogP contribution >= 0.6 is 12.4 Å². The molecule has 2 rings (SSSR count). The van der Waals surface area contributed by atoms with Gasteiger partial charge in [-0.1, -0.05) is 0 Å². The van der Waals surface area contributed by atoms with Crippen molar-refractivity contribution in [3.05, 3.63) is 27.8 Å². The number of nitro benzene ring substituents is 1. The first-order valence-corrected chi connectivity index (χ1v) is 5.50. The van der Waals surface area contributed by atoms with Crippen molar-refractivity contribution in [1.29, 1.82) is 0 Å². The van der Waals surface area contributed by atoms with Crippen molar-refractivity contribution in [2.75, 3.05) is 26.9 Å². The smallest absolute Gasteiger partial charge is 0.273 e. The molecule has 8 heteroatoms. The Morgan fingerprint density at radius 3 is 2.84 bits per heavy atom. The quantitative estimate of drug-likeness (QED) is 0.645. The minimum absolute atomic E-state index is 0. The number of hydrogen-bond donors (Lipinski definition) is 2. The molecule has 0 spiro atoms. The minimum Gasteiger partial charge on any atom is -0.504 e. The van der Waals surface area contributed by atoms with E-state index >= 15 is 0 Å². The van der Waals surface area contributed by atoms with E-state index in [-0.39, 0.29) is 35.6 Å². The molecule has 7 nitrogen and oxygen atoms in total. The second-order valence-corrected chi connectivity index (χ2v) is 3.92. The highest BCUT2D eigenvalue weighted by Crippen LogP contribution is 2.38. The first-order valence-electron chi connectivity index (χ1n) is 5.50. The minimum atomic E-state index is -0.519. The van der Waals surface area contributed by atoms with Gasteiger partial charge >= 0.3 is 0 Å². The van der Waals surface area contributed by atoms with E-state index in [1.165, 1.54) is 19.2 Å². The van der Waals surface area contributed by atoms with E-state index in [4.69, 9.17) is 9.47 Å². The van der Waals surface area contributed by atoms with Gasteiger partial charge in [0.15, 0.2) is 11.5 Å². The van der Waals surface area contributed by atoms with Crippen LogP contribution in [0.5, 0.6) is 11.5 Å². The van der Waals surface area contributed by atoms with Gasteiger partial charge in [0.1, 0.15) is 0 Å². The maximum absolute atomic E-state index is 10.8. The van der Waals surface area contributed by atoms with E-state index in [0.717, 1.165) is 0 Å². The first kappa shape index (κ1) is 15.5. The number of non-ortho nitro benzene ring substituents is 1. The van der Waals surface area contributed by atoms with Gasteiger partial charge in [0, 0.05) is 18.2 Å². The molecule has 1 aliphatic heterocycles. The van der Waals surface area contributed by atoms with Crippen LogP contribution in [0, 0.1) is 10.1 Å². The molecule has 1 atom stereocenters. The number of halogens is 1. The Bertz CT molecular complexity index is 463. The molecule has 0 bridgehead atoms. The topological polar surface area (TPSA) is 93.9 Å². The second kappa shape index (κ2) is 6.55. The summed E-state index contributed by atoms with van der Waals surface area (Å²) in [7, 11) is 1.35. The van der Waals surface area contributed by atoms with E-state index in [1.807, 2.05) is 0 Å². The summed E-state index contributed by atoms with van der Waals surface area (Å²) in [5.74, 6) is -0.00215. The molecule has 1 fully saturated rings. The zero-order valence-electron chi connectivity index (χ0n) is 10.3. The summed E-state index contributed by atoms with van der Waals surface area (Å²) in [6, 6.07) is 2.26. The van der Waals surface area contributed by atoms with Crippen molar-refractivity contribution >= 4 is 18.1 Å². The maximum Gasteiger partial charge on any atom is 0.273 e. The maximum atomic E-state index is 10.8. The molecule has 1 aliphatic rings. The van der Waals surface area contributed by atoms with Gasteiger partial charge in [-0.15, -0.1) is 12.4 Å². The predicted molar refractivity (Wildman–Crippen MR) is 70.1 cm³/mol. The van der Waals surface area contributed by atoms with Gasteiger partial charge in [0.2, 0.25) is 0 Å². The molecule has 2 N–H and O–H groups in total. The molecule has 0 amide bonds. The monoisotopic (exact) mass is 290 g/mol. The van der Waals surface area contributed by atoms with Crippen LogP contribution in [0.2, 0.25) is 0 Å². The summed E-state index contributed by atoms with van der Waals surface area (Å²) in [6.07, 6.45) is 0. The fourth-order valence-corrected chi connectivity index (χ4v) is 1.91. The molecule has 1 aromatic rings. The van der Waals surface area contributed by atoms with Crippen LogP contribution in [0.15, 0.2) is 12.1 Å². The molecule has 0 aliphatic carbocycles. The molecule has 0 radical (unpaired) electrons. The molecule has 1 saturated heterocycles. The van der Waals surface area contributed by atoms with Crippen LogP contribution in [0.3, 0.4) is 0 Å². The lowest BCUT2D eigenvalue weighted by Gasteiger charge is -2.25. The zero-order chi connectivity index (χ0) is 13.1. The van der Waals surface area contributed by atoms with Gasteiger partial charge in [0.05, 0.1) is 37.4 Å². The van der Waals surface area contributed by atoms with Crippen molar-refractivity contribution in [3.63, 3.8) is 0 Å². The molecule has 106 valence electrons. The summed E-state index contributed by atoms with van der Waals surface area (Å²) in [4.78, 5) is 10.3. The van der Waals surface area contributed by atoms with Gasteiger partial charge in [-0.2, -0.15) is 0 Å². The predicted octanol–water partition coefficient (Wildman–Crippen LogP) is 1.39. The number of benzene rings is 1. The number of hydrogen-bond acceptors (Lipinski definition) is 6. The van der Waals surface area contributed by atoms with Crippen LogP contribution in [0.1, 0.15) is 11.6 Å². The van der Waals surface area contributed by atoms with Crippen molar-refractivity contribution in [3.8, 4) is 11.5 Å². The third kappa shape index (κ3) is 3.25. The van der Waals surface area contributed by atoms with Crippen LogP contribution < -0.4 is 10.1 Å². The van der Waals surface area contributed by atoms with Gasteiger partial charge in [-0.25, -0.2) is 0 Å². The second-order valence-electron chi connectivity index (χ2n) is 3.92. The van der Waals surface area contributed by atoms with Gasteiger partial charge in [-0.3, -0.25) is 10.1 Å². The zero-order valence-corrected chi connectivity index (χ0v) is 11.1. The fourth-order valence-electron chi connectivity index (χ4n) is 1.91. The van der Waals surface area contributed by atoms with Crippen molar-refractivity contribution in [2.24, 2.45) is 0 Å². The Labute approximate surface area is 116 Å². The number of morpholine rings is 1. The Balaban J connectivity index is 0.00000180. The average Bonchev–Trinajstić information content (AvgIpc) is 2.39. The largest absolute Gasteiger partial charge is 0.504 e. The molecular formula is C11H15ClN2O5. The van der Waals surface area contributed by atoms with Crippen LogP contribution in [-0.4, -0.2) is 36.9 Å². The van der Waals surface area contributed by atoms with Crippen molar-refractivity contribution in [1.82, 2.24) is 5.32 Å². The van der Waals surface area contributed by atoms with E-state index in [1.54, 1.807) is 0 Å². The lowest BCUT2D eigenvalue weighted by atomic mass is 10.0. The van der Waals surface area contributed by atoms with Gasteiger partial charge < -0.3 is 19.9 Å². The number of nitro groups is 1. The fraction of sp³-hybridized carbons (Fsp3) is 0.455. The third-order valence-electron chi connectivity index (χ3n) is 2.82. The number of phenolic OH excluding ortho intramolecular Hbond substituents is 1. The van der Waals surface area contributed by atoms with E-state index in [2.05, 4.69) is 5.32 Å². The number of methoxy groups -OCH3 is 1. The lowest BCUT2D eigenvalue weighted by Crippen LogP contribution is -2.34. The summed E-state index contributed by atoms with van der Waals surface area (Å²) < 4.78 is 10.2. The average molecular weight is 291 g/mol. The highest BCUT2D eigenvalue weighted by molar-refractivity contribution is 5.85. The Morgan fingerprint density at radius 2 is 2.32 bits per heavy atom. The number of phenols is 1. The number of rotatable bonds is 3. The van der Waals surface area contributed by atoms with E-state index < -0.39 is 4.92 Å². The lowest BCUT2D eigenvalue weighted by molar-refractivity contribution is -0.385. The van der Waals surface area contributed by atoms with E-state index in [0.29, 0.717) is 25.3 Å². The standard InChI is InChI=1S/C11H14N2O5.ClH/c1-17-10-5-7(13(15)16)4-8(11(10)14)9-6-18-3-2-12-9;/h4-5,9,12,14H,2-3,6H2,1H3;1H/t9-;/m0./s1. The molecule has 0 saturated carbocycles. The molecule has 1 heterocycles.